The van der Waals surface area contributed by atoms with Crippen molar-refractivity contribution in [3.05, 3.63) is 35.3 Å². The lowest BCUT2D eigenvalue weighted by Crippen LogP contribution is -2.16. The fraction of sp³-hybridized carbons (Fsp3) is 0.300. The maximum absolute atomic E-state index is 4.53. The molecule has 0 radical (unpaired) electrons. The number of nitrogens with one attached hydrogen (secondary N) is 1. The lowest BCUT2D eigenvalue weighted by molar-refractivity contribution is 0.696. The van der Waals surface area contributed by atoms with Gasteiger partial charge < -0.3 is 5.32 Å². The van der Waals surface area contributed by atoms with Gasteiger partial charge in [-0.1, -0.05) is 0 Å². The van der Waals surface area contributed by atoms with Crippen LogP contribution >= 0.6 is 54.5 Å². The van der Waals surface area contributed by atoms with Crippen molar-refractivity contribution in [2.45, 2.75) is 13.0 Å². The van der Waals surface area contributed by atoms with Crippen molar-refractivity contribution in [3.8, 4) is 0 Å². The monoisotopic (exact) mass is 380 g/mol. The van der Waals surface area contributed by atoms with Crippen LogP contribution in [0.1, 0.15) is 21.6 Å². The van der Waals surface area contributed by atoms with E-state index in [1.54, 1.807) is 22.7 Å². The molecule has 0 aliphatic carbocycles. The van der Waals surface area contributed by atoms with Gasteiger partial charge >= 0.3 is 0 Å². The van der Waals surface area contributed by atoms with E-state index in [4.69, 9.17) is 0 Å². The van der Waals surface area contributed by atoms with Gasteiger partial charge in [0, 0.05) is 20.4 Å². The summed E-state index contributed by atoms with van der Waals surface area (Å²) >= 11 is 10.4. The molecule has 0 aromatic carbocycles. The number of nitrogens with zero attached hydrogens (tertiary/aromatic N) is 1. The Balaban J connectivity index is 2.36. The van der Waals surface area contributed by atoms with Crippen LogP contribution in [0, 0.1) is 6.92 Å². The molecule has 6 heteroatoms. The minimum Gasteiger partial charge on any atom is -0.307 e. The second-order valence-corrected chi connectivity index (χ2v) is 7.46. The van der Waals surface area contributed by atoms with Crippen LogP contribution in [0.4, 0.5) is 0 Å². The Morgan fingerprint density at radius 3 is 2.62 bits per heavy atom. The number of aromatic nitrogens is 1. The van der Waals surface area contributed by atoms with Crippen molar-refractivity contribution in [2.24, 2.45) is 0 Å². The SMILES string of the molecule is CNC(c1cc(Br)c(Br)s1)c1nc(C)cs1. The summed E-state index contributed by atoms with van der Waals surface area (Å²) in [6.45, 7) is 2.02. The molecule has 2 rings (SSSR count). The highest BCUT2D eigenvalue weighted by molar-refractivity contribution is 9.13. The Hall–Kier alpha value is 0.250. The molecular formula is C10H10Br2N2S2. The molecule has 0 aliphatic rings. The Bertz CT molecular complexity index is 473. The van der Waals surface area contributed by atoms with Crippen LogP contribution in [0.2, 0.25) is 0 Å². The Morgan fingerprint density at radius 1 is 1.44 bits per heavy atom. The molecule has 0 bridgehead atoms. The lowest BCUT2D eigenvalue weighted by Gasteiger charge is -2.10. The molecule has 0 saturated carbocycles. The number of aryl methyl sites for hydroxylation is 1. The van der Waals surface area contributed by atoms with Crippen LogP contribution in [0.3, 0.4) is 0 Å². The van der Waals surface area contributed by atoms with Crippen molar-refractivity contribution in [2.75, 3.05) is 7.05 Å². The first-order valence-electron chi connectivity index (χ1n) is 4.66. The Labute approximate surface area is 119 Å². The third-order valence-electron chi connectivity index (χ3n) is 2.12. The first-order chi connectivity index (χ1) is 7.61. The summed E-state index contributed by atoms with van der Waals surface area (Å²) in [6.07, 6.45) is 0. The van der Waals surface area contributed by atoms with E-state index in [0.717, 1.165) is 19.0 Å². The van der Waals surface area contributed by atoms with Crippen molar-refractivity contribution in [1.29, 1.82) is 0 Å². The normalized spacial score (nSPS) is 13.0. The molecule has 1 unspecified atom stereocenters. The first-order valence-corrected chi connectivity index (χ1v) is 7.94. The molecule has 0 spiro atoms. The van der Waals surface area contributed by atoms with Gasteiger partial charge in [0.05, 0.1) is 9.83 Å². The van der Waals surface area contributed by atoms with E-state index in [-0.39, 0.29) is 6.04 Å². The van der Waals surface area contributed by atoms with Gasteiger partial charge in [0.1, 0.15) is 5.01 Å². The standard InChI is InChI=1S/C10H10Br2N2S2/c1-5-4-15-10(14-5)8(13-2)7-3-6(11)9(12)16-7/h3-4,8,13H,1-2H3. The predicted molar refractivity (Wildman–Crippen MR) is 77.5 cm³/mol. The largest absolute Gasteiger partial charge is 0.307 e. The molecule has 1 atom stereocenters. The molecule has 0 saturated heterocycles. The summed E-state index contributed by atoms with van der Waals surface area (Å²) in [6, 6.07) is 2.32. The molecular weight excluding hydrogens is 372 g/mol. The van der Waals surface area contributed by atoms with Gasteiger partial charge in [-0.15, -0.1) is 22.7 Å². The number of hydrogen-bond acceptors (Lipinski definition) is 4. The van der Waals surface area contributed by atoms with Crippen molar-refractivity contribution in [3.63, 3.8) is 0 Å². The summed E-state index contributed by atoms with van der Waals surface area (Å²) < 4.78 is 2.22. The number of hydrogen-bond donors (Lipinski definition) is 1. The summed E-state index contributed by atoms with van der Waals surface area (Å²) in [5.41, 5.74) is 1.08. The molecule has 2 aromatic heterocycles. The Morgan fingerprint density at radius 2 is 2.19 bits per heavy atom. The summed E-state index contributed by atoms with van der Waals surface area (Å²) in [5.74, 6) is 0. The van der Waals surface area contributed by atoms with Crippen LogP contribution in [0.25, 0.3) is 0 Å². The van der Waals surface area contributed by atoms with E-state index in [0.29, 0.717) is 0 Å². The van der Waals surface area contributed by atoms with Gasteiger partial charge in [-0.05, 0) is 51.9 Å². The molecule has 2 nitrogen and oxygen atoms in total. The van der Waals surface area contributed by atoms with Crippen molar-refractivity contribution < 1.29 is 0 Å². The molecule has 86 valence electrons. The fourth-order valence-corrected chi connectivity index (χ4v) is 4.60. The Kier molecular flexibility index (Phi) is 4.18. The van der Waals surface area contributed by atoms with E-state index in [9.17, 15) is 0 Å². The van der Waals surface area contributed by atoms with Gasteiger partial charge in [0.15, 0.2) is 0 Å². The third-order valence-corrected chi connectivity index (χ3v) is 6.47. The van der Waals surface area contributed by atoms with Crippen LogP contribution in [0.5, 0.6) is 0 Å². The maximum atomic E-state index is 4.53. The van der Waals surface area contributed by atoms with Crippen LogP contribution in [-0.2, 0) is 0 Å². The predicted octanol–water partition coefficient (Wildman–Crippen LogP) is 4.35. The summed E-state index contributed by atoms with van der Waals surface area (Å²) in [5, 5.41) is 6.50. The van der Waals surface area contributed by atoms with E-state index >= 15 is 0 Å². The second kappa shape index (κ2) is 5.27. The summed E-state index contributed by atoms with van der Waals surface area (Å²) in [7, 11) is 1.96. The summed E-state index contributed by atoms with van der Waals surface area (Å²) in [4.78, 5) is 5.79. The molecule has 16 heavy (non-hydrogen) atoms. The van der Waals surface area contributed by atoms with E-state index in [2.05, 4.69) is 53.6 Å². The quantitative estimate of drug-likeness (QED) is 0.854. The van der Waals surface area contributed by atoms with E-state index in [1.807, 2.05) is 14.0 Å². The highest BCUT2D eigenvalue weighted by Gasteiger charge is 2.18. The smallest absolute Gasteiger partial charge is 0.115 e. The zero-order chi connectivity index (χ0) is 11.7. The zero-order valence-electron chi connectivity index (χ0n) is 8.75. The van der Waals surface area contributed by atoms with Gasteiger partial charge in [0.2, 0.25) is 0 Å². The minimum atomic E-state index is 0.186. The first kappa shape index (κ1) is 12.7. The van der Waals surface area contributed by atoms with Crippen molar-refractivity contribution >= 4 is 54.5 Å². The molecule has 1 N–H and O–H groups in total. The zero-order valence-corrected chi connectivity index (χ0v) is 13.6. The number of halogens is 2. The lowest BCUT2D eigenvalue weighted by atomic mass is 10.2. The van der Waals surface area contributed by atoms with Crippen molar-refractivity contribution in [1.82, 2.24) is 10.3 Å². The fourth-order valence-electron chi connectivity index (χ4n) is 1.40. The molecule has 0 aliphatic heterocycles. The topological polar surface area (TPSA) is 24.9 Å². The number of rotatable bonds is 3. The van der Waals surface area contributed by atoms with Crippen LogP contribution in [0.15, 0.2) is 19.7 Å². The maximum Gasteiger partial charge on any atom is 0.115 e. The van der Waals surface area contributed by atoms with E-state index < -0.39 is 0 Å². The van der Waals surface area contributed by atoms with Gasteiger partial charge in [-0.25, -0.2) is 4.98 Å². The highest BCUT2D eigenvalue weighted by Crippen LogP contribution is 2.38. The number of thiazole rings is 1. The van der Waals surface area contributed by atoms with Gasteiger partial charge in [0.25, 0.3) is 0 Å². The van der Waals surface area contributed by atoms with Crippen LogP contribution < -0.4 is 5.32 Å². The average Bonchev–Trinajstić information content (AvgIpc) is 2.77. The average molecular weight is 382 g/mol. The molecule has 0 amide bonds. The van der Waals surface area contributed by atoms with Gasteiger partial charge in [-0.3, -0.25) is 0 Å². The molecule has 2 heterocycles. The highest BCUT2D eigenvalue weighted by atomic mass is 79.9. The second-order valence-electron chi connectivity index (χ2n) is 3.32. The molecule has 2 aromatic rings. The minimum absolute atomic E-state index is 0.186. The molecule has 0 fully saturated rings. The van der Waals surface area contributed by atoms with Crippen LogP contribution in [-0.4, -0.2) is 12.0 Å². The third kappa shape index (κ3) is 2.56. The van der Waals surface area contributed by atoms with Gasteiger partial charge in [-0.2, -0.15) is 0 Å². The van der Waals surface area contributed by atoms with E-state index in [1.165, 1.54) is 4.88 Å². The number of thiophene rings is 1.